The highest BCUT2D eigenvalue weighted by molar-refractivity contribution is 9.10. The second-order valence-corrected chi connectivity index (χ2v) is 10.3. The van der Waals surface area contributed by atoms with Crippen molar-refractivity contribution in [2.75, 3.05) is 19.7 Å². The van der Waals surface area contributed by atoms with Gasteiger partial charge in [-0.1, -0.05) is 13.8 Å². The van der Waals surface area contributed by atoms with Gasteiger partial charge in [0.05, 0.1) is 10.5 Å². The molecule has 0 radical (unpaired) electrons. The SMILES string of the molecule is CC(C)NS(=O)(=O)c1ccc(Br)c(C(=O)OCC(=O)N2C[C@@H](C)C[C@H](C)C2)c1. The number of sulfonamides is 1. The molecule has 1 aromatic carbocycles. The molecule has 156 valence electrons. The summed E-state index contributed by atoms with van der Waals surface area (Å²) in [4.78, 5) is 26.5. The number of nitrogens with one attached hydrogen (secondary N) is 1. The van der Waals surface area contributed by atoms with Crippen LogP contribution in [0.3, 0.4) is 0 Å². The maximum Gasteiger partial charge on any atom is 0.339 e. The van der Waals surface area contributed by atoms with Crippen molar-refractivity contribution in [1.29, 1.82) is 0 Å². The van der Waals surface area contributed by atoms with E-state index in [4.69, 9.17) is 4.74 Å². The topological polar surface area (TPSA) is 92.8 Å². The summed E-state index contributed by atoms with van der Waals surface area (Å²) in [6.45, 7) is 8.54. The predicted molar refractivity (Wildman–Crippen MR) is 109 cm³/mol. The van der Waals surface area contributed by atoms with Crippen molar-refractivity contribution in [3.05, 3.63) is 28.2 Å². The first-order chi connectivity index (χ1) is 13.0. The van der Waals surface area contributed by atoms with Crippen LogP contribution in [0.5, 0.6) is 0 Å². The van der Waals surface area contributed by atoms with Crippen LogP contribution in [-0.2, 0) is 19.6 Å². The largest absolute Gasteiger partial charge is 0.452 e. The van der Waals surface area contributed by atoms with Crippen LogP contribution in [0.15, 0.2) is 27.6 Å². The van der Waals surface area contributed by atoms with E-state index < -0.39 is 16.0 Å². The molecule has 28 heavy (non-hydrogen) atoms. The molecule has 1 saturated heterocycles. The fourth-order valence-corrected chi connectivity index (χ4v) is 5.05. The van der Waals surface area contributed by atoms with Gasteiger partial charge in [0, 0.05) is 23.6 Å². The number of rotatable bonds is 6. The zero-order valence-corrected chi connectivity index (χ0v) is 19.0. The van der Waals surface area contributed by atoms with Crippen LogP contribution in [0, 0.1) is 11.8 Å². The maximum absolute atomic E-state index is 12.4. The normalized spacial score (nSPS) is 20.3. The molecule has 1 heterocycles. The molecule has 1 N–H and O–H groups in total. The molecule has 2 rings (SSSR count). The Kier molecular flexibility index (Phi) is 7.64. The first-order valence-electron chi connectivity index (χ1n) is 9.26. The Hall–Kier alpha value is -1.45. The summed E-state index contributed by atoms with van der Waals surface area (Å²) in [5.41, 5.74) is 0.0554. The van der Waals surface area contributed by atoms with Crippen molar-refractivity contribution in [2.45, 2.75) is 45.1 Å². The number of likely N-dealkylation sites (tertiary alicyclic amines) is 1. The maximum atomic E-state index is 12.4. The van der Waals surface area contributed by atoms with Gasteiger partial charge in [-0.25, -0.2) is 17.9 Å². The summed E-state index contributed by atoms with van der Waals surface area (Å²) in [5, 5.41) is 0. The van der Waals surface area contributed by atoms with Crippen LogP contribution in [0.1, 0.15) is 44.5 Å². The van der Waals surface area contributed by atoms with E-state index in [1.54, 1.807) is 18.7 Å². The number of hydrogen-bond donors (Lipinski definition) is 1. The number of carbonyl (C=O) groups is 2. The summed E-state index contributed by atoms with van der Waals surface area (Å²) in [7, 11) is -3.75. The van der Waals surface area contributed by atoms with Crippen molar-refractivity contribution < 1.29 is 22.7 Å². The minimum atomic E-state index is -3.75. The Morgan fingerprint density at radius 2 is 1.86 bits per heavy atom. The smallest absolute Gasteiger partial charge is 0.339 e. The standard InChI is InChI=1S/C19H27BrN2O5S/c1-12(2)21-28(25,26)15-5-6-17(20)16(8-15)19(24)27-11-18(23)22-9-13(3)7-14(4)10-22/h5-6,8,12-14,21H,7,9-11H2,1-4H3/t13-,14-/m0/s1. The second kappa shape index (κ2) is 9.37. The predicted octanol–water partition coefficient (Wildman–Crippen LogP) is 2.80. The lowest BCUT2D eigenvalue weighted by molar-refractivity contribution is -0.137. The van der Waals surface area contributed by atoms with Gasteiger partial charge in [0.15, 0.2) is 6.61 Å². The molecule has 0 aliphatic carbocycles. The number of ether oxygens (including phenoxy) is 1. The van der Waals surface area contributed by atoms with Gasteiger partial charge >= 0.3 is 5.97 Å². The molecule has 1 aromatic rings. The van der Waals surface area contributed by atoms with Crippen molar-refractivity contribution >= 4 is 37.8 Å². The minimum Gasteiger partial charge on any atom is -0.452 e. The third-order valence-electron chi connectivity index (χ3n) is 4.41. The Labute approximate surface area is 175 Å². The van der Waals surface area contributed by atoms with E-state index in [-0.39, 0.29) is 29.0 Å². The molecule has 1 fully saturated rings. The van der Waals surface area contributed by atoms with Gasteiger partial charge in [0.1, 0.15) is 0 Å². The third-order valence-corrected chi connectivity index (χ3v) is 6.75. The van der Waals surface area contributed by atoms with E-state index in [2.05, 4.69) is 34.5 Å². The molecular formula is C19H27BrN2O5S. The lowest BCUT2D eigenvalue weighted by Gasteiger charge is -2.34. The lowest BCUT2D eigenvalue weighted by Crippen LogP contribution is -2.44. The van der Waals surface area contributed by atoms with E-state index in [1.165, 1.54) is 18.2 Å². The quantitative estimate of drug-likeness (QED) is 0.639. The van der Waals surface area contributed by atoms with Crippen LogP contribution < -0.4 is 4.72 Å². The van der Waals surface area contributed by atoms with Crippen molar-refractivity contribution in [1.82, 2.24) is 9.62 Å². The molecule has 1 aliphatic rings. The molecule has 1 aliphatic heterocycles. The number of amides is 1. The first-order valence-corrected chi connectivity index (χ1v) is 11.5. The molecule has 0 spiro atoms. The number of benzene rings is 1. The highest BCUT2D eigenvalue weighted by Gasteiger charge is 2.26. The van der Waals surface area contributed by atoms with Crippen molar-refractivity contribution in [3.63, 3.8) is 0 Å². The van der Waals surface area contributed by atoms with Crippen LogP contribution >= 0.6 is 15.9 Å². The molecule has 2 atom stereocenters. The summed E-state index contributed by atoms with van der Waals surface area (Å²) >= 11 is 3.24. The summed E-state index contributed by atoms with van der Waals surface area (Å²) in [6.07, 6.45) is 1.07. The molecule has 0 aromatic heterocycles. The average molecular weight is 475 g/mol. The third kappa shape index (κ3) is 6.02. The van der Waals surface area contributed by atoms with Crippen LogP contribution in [0.4, 0.5) is 0 Å². The summed E-state index contributed by atoms with van der Waals surface area (Å²) in [5.74, 6) is -0.172. The minimum absolute atomic E-state index is 0.0404. The molecule has 0 unspecified atom stereocenters. The first kappa shape index (κ1) is 22.8. The fraction of sp³-hybridized carbons (Fsp3) is 0.579. The molecule has 0 bridgehead atoms. The van der Waals surface area contributed by atoms with E-state index in [0.29, 0.717) is 29.4 Å². The van der Waals surface area contributed by atoms with Crippen molar-refractivity contribution in [2.24, 2.45) is 11.8 Å². The molecular weight excluding hydrogens is 448 g/mol. The Morgan fingerprint density at radius 1 is 1.25 bits per heavy atom. The number of esters is 1. The summed E-state index contributed by atoms with van der Waals surface area (Å²) < 4.78 is 32.7. The van der Waals surface area contributed by atoms with E-state index in [1.807, 2.05) is 0 Å². The van der Waals surface area contributed by atoms with Crippen LogP contribution in [0.25, 0.3) is 0 Å². The average Bonchev–Trinajstić information content (AvgIpc) is 2.57. The highest BCUT2D eigenvalue weighted by atomic mass is 79.9. The van der Waals surface area contributed by atoms with Gasteiger partial charge in [-0.2, -0.15) is 0 Å². The highest BCUT2D eigenvalue weighted by Crippen LogP contribution is 2.23. The zero-order valence-electron chi connectivity index (χ0n) is 16.6. The van der Waals surface area contributed by atoms with Gasteiger partial charge in [0.25, 0.3) is 5.91 Å². The van der Waals surface area contributed by atoms with Crippen molar-refractivity contribution in [3.8, 4) is 0 Å². The van der Waals surface area contributed by atoms with E-state index >= 15 is 0 Å². The number of hydrogen-bond acceptors (Lipinski definition) is 5. The molecule has 9 heteroatoms. The van der Waals surface area contributed by atoms with Crippen LogP contribution in [-0.4, -0.2) is 50.9 Å². The molecule has 7 nitrogen and oxygen atoms in total. The van der Waals surface area contributed by atoms with Gasteiger partial charge in [-0.15, -0.1) is 0 Å². The Balaban J connectivity index is 2.08. The molecule has 0 saturated carbocycles. The lowest BCUT2D eigenvalue weighted by atomic mass is 9.92. The number of nitrogens with zero attached hydrogens (tertiary/aromatic N) is 1. The number of halogens is 1. The van der Waals surface area contributed by atoms with Gasteiger partial charge in [0.2, 0.25) is 10.0 Å². The molecule has 1 amide bonds. The fourth-order valence-electron chi connectivity index (χ4n) is 3.37. The summed E-state index contributed by atoms with van der Waals surface area (Å²) in [6, 6.07) is 3.83. The Morgan fingerprint density at radius 3 is 2.43 bits per heavy atom. The van der Waals surface area contributed by atoms with Gasteiger partial charge < -0.3 is 9.64 Å². The van der Waals surface area contributed by atoms with E-state index in [0.717, 1.165) is 6.42 Å². The van der Waals surface area contributed by atoms with Crippen LogP contribution in [0.2, 0.25) is 0 Å². The Bertz CT molecular complexity index is 831. The number of piperidine rings is 1. The van der Waals surface area contributed by atoms with Gasteiger partial charge in [-0.05, 0) is 66.2 Å². The number of carbonyl (C=O) groups excluding carboxylic acids is 2. The van der Waals surface area contributed by atoms with E-state index in [9.17, 15) is 18.0 Å². The monoisotopic (exact) mass is 474 g/mol. The zero-order chi connectivity index (χ0) is 21.1. The van der Waals surface area contributed by atoms with Gasteiger partial charge in [-0.3, -0.25) is 4.79 Å². The second-order valence-electron chi connectivity index (χ2n) is 7.74.